The Morgan fingerprint density at radius 2 is 1.90 bits per heavy atom. The van der Waals surface area contributed by atoms with E-state index in [1.807, 2.05) is 7.11 Å². The fourth-order valence-electron chi connectivity index (χ4n) is 3.35. The first-order chi connectivity index (χ1) is 10.1. The molecular weight excluding hydrogens is 262 g/mol. The van der Waals surface area contributed by atoms with Gasteiger partial charge in [0.1, 0.15) is 5.75 Å². The van der Waals surface area contributed by atoms with Gasteiger partial charge in [0.25, 0.3) is 0 Å². The normalized spacial score (nSPS) is 18.1. The Labute approximate surface area is 129 Å². The molecule has 3 heteroatoms. The second-order valence-corrected chi connectivity index (χ2v) is 6.19. The smallest absolute Gasteiger partial charge is 0.122 e. The van der Waals surface area contributed by atoms with E-state index in [0.29, 0.717) is 0 Å². The molecule has 1 aliphatic rings. The summed E-state index contributed by atoms with van der Waals surface area (Å²) in [5, 5.41) is 3.72. The molecule has 1 N–H and O–H groups in total. The molecule has 0 spiro atoms. The van der Waals surface area contributed by atoms with Gasteiger partial charge in [-0.15, -0.1) is 0 Å². The summed E-state index contributed by atoms with van der Waals surface area (Å²) >= 11 is 0. The SMILES string of the molecule is CCCNC(c1cc(C)c(OC)cc1C)C1(OC)CCC1. The van der Waals surface area contributed by atoms with Gasteiger partial charge in [0.2, 0.25) is 0 Å². The lowest BCUT2D eigenvalue weighted by atomic mass is 9.71. The van der Waals surface area contributed by atoms with Gasteiger partial charge in [-0.1, -0.05) is 13.0 Å². The predicted octanol–water partition coefficient (Wildman–Crippen LogP) is 3.92. The minimum absolute atomic E-state index is 0.0407. The van der Waals surface area contributed by atoms with Gasteiger partial charge < -0.3 is 14.8 Å². The van der Waals surface area contributed by atoms with Crippen LogP contribution in [0.1, 0.15) is 55.3 Å². The average molecular weight is 291 g/mol. The Kier molecular flexibility index (Phi) is 5.28. The second kappa shape index (κ2) is 6.80. The van der Waals surface area contributed by atoms with Crippen LogP contribution in [0.2, 0.25) is 0 Å². The minimum atomic E-state index is -0.0407. The van der Waals surface area contributed by atoms with Crippen LogP contribution in [-0.2, 0) is 4.74 Å². The molecule has 0 radical (unpaired) electrons. The van der Waals surface area contributed by atoms with Crippen molar-refractivity contribution >= 4 is 0 Å². The molecule has 1 saturated carbocycles. The van der Waals surface area contributed by atoms with Gasteiger partial charge in [0.15, 0.2) is 0 Å². The van der Waals surface area contributed by atoms with Crippen LogP contribution in [0.15, 0.2) is 12.1 Å². The number of methoxy groups -OCH3 is 2. The number of aryl methyl sites for hydroxylation is 2. The van der Waals surface area contributed by atoms with E-state index in [1.165, 1.54) is 23.1 Å². The predicted molar refractivity (Wildman–Crippen MR) is 87.1 cm³/mol. The zero-order valence-electron chi connectivity index (χ0n) is 14.1. The summed E-state index contributed by atoms with van der Waals surface area (Å²) in [5.74, 6) is 0.963. The number of hydrogen-bond donors (Lipinski definition) is 1. The molecule has 1 aliphatic carbocycles. The molecule has 0 bridgehead atoms. The Morgan fingerprint density at radius 1 is 1.19 bits per heavy atom. The maximum absolute atomic E-state index is 5.95. The van der Waals surface area contributed by atoms with Crippen molar-refractivity contribution in [2.24, 2.45) is 0 Å². The van der Waals surface area contributed by atoms with Gasteiger partial charge in [-0.2, -0.15) is 0 Å². The van der Waals surface area contributed by atoms with E-state index >= 15 is 0 Å². The molecule has 118 valence electrons. The monoisotopic (exact) mass is 291 g/mol. The van der Waals surface area contributed by atoms with E-state index in [2.05, 4.69) is 38.2 Å². The third kappa shape index (κ3) is 3.09. The van der Waals surface area contributed by atoms with Crippen molar-refractivity contribution in [3.8, 4) is 5.75 Å². The molecule has 1 unspecified atom stereocenters. The highest BCUT2D eigenvalue weighted by molar-refractivity contribution is 5.44. The molecule has 0 aromatic heterocycles. The lowest BCUT2D eigenvalue weighted by Gasteiger charge is -2.47. The van der Waals surface area contributed by atoms with E-state index < -0.39 is 0 Å². The van der Waals surface area contributed by atoms with Gasteiger partial charge in [-0.3, -0.25) is 0 Å². The molecule has 1 fully saturated rings. The van der Waals surface area contributed by atoms with Gasteiger partial charge in [-0.25, -0.2) is 0 Å². The molecule has 0 heterocycles. The van der Waals surface area contributed by atoms with Crippen molar-refractivity contribution < 1.29 is 9.47 Å². The highest BCUT2D eigenvalue weighted by Gasteiger charge is 2.45. The van der Waals surface area contributed by atoms with E-state index in [-0.39, 0.29) is 11.6 Å². The molecule has 3 nitrogen and oxygen atoms in total. The molecule has 2 rings (SSSR count). The van der Waals surface area contributed by atoms with Crippen LogP contribution in [0.25, 0.3) is 0 Å². The Balaban J connectivity index is 2.39. The zero-order chi connectivity index (χ0) is 15.5. The molecule has 0 aliphatic heterocycles. The highest BCUT2D eigenvalue weighted by atomic mass is 16.5. The summed E-state index contributed by atoms with van der Waals surface area (Å²) < 4.78 is 11.4. The molecule has 1 atom stereocenters. The number of hydrogen-bond acceptors (Lipinski definition) is 3. The first-order valence-electron chi connectivity index (χ1n) is 8.01. The summed E-state index contributed by atoms with van der Waals surface area (Å²) in [5.41, 5.74) is 3.77. The Bertz CT molecular complexity index is 475. The van der Waals surface area contributed by atoms with E-state index in [9.17, 15) is 0 Å². The summed E-state index contributed by atoms with van der Waals surface area (Å²) in [7, 11) is 3.59. The Hall–Kier alpha value is -1.06. The van der Waals surface area contributed by atoms with Crippen molar-refractivity contribution in [3.05, 3.63) is 28.8 Å². The van der Waals surface area contributed by atoms with Gasteiger partial charge in [0.05, 0.1) is 18.8 Å². The third-order valence-electron chi connectivity index (χ3n) is 4.83. The first kappa shape index (κ1) is 16.3. The van der Waals surface area contributed by atoms with E-state index in [4.69, 9.17) is 9.47 Å². The Morgan fingerprint density at radius 3 is 2.38 bits per heavy atom. The first-order valence-corrected chi connectivity index (χ1v) is 8.01. The molecule has 0 amide bonds. The van der Waals surface area contributed by atoms with E-state index in [0.717, 1.165) is 31.6 Å². The fraction of sp³-hybridized carbons (Fsp3) is 0.667. The molecule has 0 saturated heterocycles. The fourth-order valence-corrected chi connectivity index (χ4v) is 3.35. The quantitative estimate of drug-likeness (QED) is 0.826. The number of benzene rings is 1. The summed E-state index contributed by atoms with van der Waals surface area (Å²) in [6.45, 7) is 7.50. The van der Waals surface area contributed by atoms with Crippen molar-refractivity contribution in [1.82, 2.24) is 5.32 Å². The number of rotatable bonds is 7. The molecule has 1 aromatic carbocycles. The lowest BCUT2D eigenvalue weighted by Crippen LogP contribution is -2.51. The van der Waals surface area contributed by atoms with Crippen LogP contribution in [0, 0.1) is 13.8 Å². The summed E-state index contributed by atoms with van der Waals surface area (Å²) in [6, 6.07) is 4.68. The average Bonchev–Trinajstić information content (AvgIpc) is 2.44. The molecule has 21 heavy (non-hydrogen) atoms. The van der Waals surface area contributed by atoms with Gasteiger partial charge in [-0.05, 0) is 68.8 Å². The van der Waals surface area contributed by atoms with Crippen molar-refractivity contribution in [1.29, 1.82) is 0 Å². The van der Waals surface area contributed by atoms with Crippen LogP contribution < -0.4 is 10.1 Å². The largest absolute Gasteiger partial charge is 0.496 e. The number of nitrogens with one attached hydrogen (secondary N) is 1. The summed E-state index contributed by atoms with van der Waals surface area (Å²) in [4.78, 5) is 0. The van der Waals surface area contributed by atoms with E-state index in [1.54, 1.807) is 7.11 Å². The van der Waals surface area contributed by atoms with Crippen LogP contribution in [0.4, 0.5) is 0 Å². The van der Waals surface area contributed by atoms with Crippen molar-refractivity contribution in [2.45, 2.75) is 58.1 Å². The third-order valence-corrected chi connectivity index (χ3v) is 4.83. The van der Waals surface area contributed by atoms with Crippen molar-refractivity contribution in [3.63, 3.8) is 0 Å². The van der Waals surface area contributed by atoms with Crippen LogP contribution in [0.5, 0.6) is 5.75 Å². The topological polar surface area (TPSA) is 30.5 Å². The molecular formula is C18H29NO2. The van der Waals surface area contributed by atoms with Gasteiger partial charge >= 0.3 is 0 Å². The lowest BCUT2D eigenvalue weighted by molar-refractivity contribution is -0.0998. The second-order valence-electron chi connectivity index (χ2n) is 6.19. The maximum atomic E-state index is 5.95. The highest BCUT2D eigenvalue weighted by Crippen LogP contribution is 2.46. The van der Waals surface area contributed by atoms with Crippen LogP contribution >= 0.6 is 0 Å². The molecule has 1 aromatic rings. The summed E-state index contributed by atoms with van der Waals surface area (Å²) in [6.07, 6.45) is 4.65. The standard InChI is InChI=1S/C18H29NO2/c1-6-10-19-17(18(21-5)8-7-9-18)15-11-14(3)16(20-4)12-13(15)2/h11-12,17,19H,6-10H2,1-5H3. The van der Waals surface area contributed by atoms with Crippen molar-refractivity contribution in [2.75, 3.05) is 20.8 Å². The maximum Gasteiger partial charge on any atom is 0.122 e. The van der Waals surface area contributed by atoms with Crippen LogP contribution in [-0.4, -0.2) is 26.4 Å². The number of ether oxygens (including phenoxy) is 2. The van der Waals surface area contributed by atoms with Gasteiger partial charge in [0, 0.05) is 7.11 Å². The minimum Gasteiger partial charge on any atom is -0.496 e. The zero-order valence-corrected chi connectivity index (χ0v) is 14.1. The van der Waals surface area contributed by atoms with Crippen LogP contribution in [0.3, 0.4) is 0 Å².